The summed E-state index contributed by atoms with van der Waals surface area (Å²) in [6.07, 6.45) is 4.04. The van der Waals surface area contributed by atoms with Crippen LogP contribution in [0.4, 0.5) is 0 Å². The van der Waals surface area contributed by atoms with Gasteiger partial charge in [0.05, 0.1) is 25.0 Å². The first-order chi connectivity index (χ1) is 12.5. The van der Waals surface area contributed by atoms with Crippen molar-refractivity contribution in [3.8, 4) is 5.75 Å². The first kappa shape index (κ1) is 18.7. The van der Waals surface area contributed by atoms with Gasteiger partial charge in [0.2, 0.25) is 5.91 Å². The summed E-state index contributed by atoms with van der Waals surface area (Å²) in [4.78, 5) is 26.7. The number of rotatable bonds is 6. The molecule has 2 fully saturated rings. The molecule has 1 aliphatic carbocycles. The number of carbonyl (C=O) groups excluding carboxylic acids is 1. The predicted molar refractivity (Wildman–Crippen MR) is 96.3 cm³/mol. The number of hydrogen-bond donors (Lipinski definition) is 1. The van der Waals surface area contributed by atoms with Crippen LogP contribution in [0.1, 0.15) is 44.1 Å². The van der Waals surface area contributed by atoms with Crippen molar-refractivity contribution >= 4 is 11.9 Å². The van der Waals surface area contributed by atoms with Crippen LogP contribution in [-0.2, 0) is 19.7 Å². The minimum absolute atomic E-state index is 0.0374. The molecule has 1 amide bonds. The Morgan fingerprint density at radius 3 is 2.38 bits per heavy atom. The van der Waals surface area contributed by atoms with Gasteiger partial charge in [0.1, 0.15) is 5.75 Å². The summed E-state index contributed by atoms with van der Waals surface area (Å²) in [6, 6.07) is 7.41. The summed E-state index contributed by atoms with van der Waals surface area (Å²) in [5, 5.41) is 9.24. The molecular weight excluding hydrogens is 334 g/mol. The fourth-order valence-corrected chi connectivity index (χ4v) is 4.48. The summed E-state index contributed by atoms with van der Waals surface area (Å²) in [7, 11) is 3.24. The molecule has 0 aromatic heterocycles. The lowest BCUT2D eigenvalue weighted by molar-refractivity contribution is -0.142. The maximum absolute atomic E-state index is 13.6. The Hall–Kier alpha value is -2.08. The molecule has 1 aliphatic heterocycles. The van der Waals surface area contributed by atoms with Crippen molar-refractivity contribution in [1.29, 1.82) is 0 Å². The molecule has 6 nitrogen and oxygen atoms in total. The number of aliphatic carboxylic acids is 1. The van der Waals surface area contributed by atoms with E-state index in [1.807, 2.05) is 24.3 Å². The first-order valence-corrected chi connectivity index (χ1v) is 9.20. The second kappa shape index (κ2) is 7.66. The highest BCUT2D eigenvalue weighted by atomic mass is 16.5. The van der Waals surface area contributed by atoms with Gasteiger partial charge in [-0.3, -0.25) is 9.59 Å². The average molecular weight is 361 g/mol. The molecular formula is C20H27NO5. The van der Waals surface area contributed by atoms with E-state index in [0.717, 1.165) is 37.0 Å². The third kappa shape index (κ3) is 3.43. The summed E-state index contributed by atoms with van der Waals surface area (Å²) in [5.41, 5.74) is 0.432. The SMILES string of the molecule is COc1ccc(C2(C(=O)N3CC(OC)CC3CC(=O)O)CCCC2)cc1. The highest BCUT2D eigenvalue weighted by Gasteiger charge is 2.49. The van der Waals surface area contributed by atoms with Gasteiger partial charge in [-0.15, -0.1) is 0 Å². The van der Waals surface area contributed by atoms with Crippen molar-refractivity contribution in [3.63, 3.8) is 0 Å². The molecule has 3 rings (SSSR count). The maximum Gasteiger partial charge on any atom is 0.305 e. The topological polar surface area (TPSA) is 76.1 Å². The third-order valence-electron chi connectivity index (χ3n) is 5.89. The van der Waals surface area contributed by atoms with Crippen molar-refractivity contribution < 1.29 is 24.2 Å². The zero-order chi connectivity index (χ0) is 18.7. The van der Waals surface area contributed by atoms with E-state index in [1.165, 1.54) is 0 Å². The van der Waals surface area contributed by atoms with Crippen molar-refractivity contribution in [3.05, 3.63) is 29.8 Å². The molecule has 1 saturated carbocycles. The number of methoxy groups -OCH3 is 2. The molecule has 1 aromatic rings. The van der Waals surface area contributed by atoms with Crippen LogP contribution < -0.4 is 4.74 Å². The van der Waals surface area contributed by atoms with E-state index in [2.05, 4.69) is 0 Å². The van der Waals surface area contributed by atoms with Crippen molar-refractivity contribution in [1.82, 2.24) is 4.90 Å². The normalized spacial score (nSPS) is 24.6. The van der Waals surface area contributed by atoms with Gasteiger partial charge in [-0.05, 0) is 37.0 Å². The minimum Gasteiger partial charge on any atom is -0.497 e. The number of nitrogens with zero attached hydrogens (tertiary/aromatic N) is 1. The number of carboxylic acids is 1. The minimum atomic E-state index is -0.880. The van der Waals surface area contributed by atoms with Crippen LogP contribution in [0, 0.1) is 0 Å². The third-order valence-corrected chi connectivity index (χ3v) is 5.89. The average Bonchev–Trinajstić information content (AvgIpc) is 3.28. The second-order valence-corrected chi connectivity index (χ2v) is 7.32. The van der Waals surface area contributed by atoms with Crippen molar-refractivity contribution in [2.45, 2.75) is 56.1 Å². The molecule has 0 spiro atoms. The first-order valence-electron chi connectivity index (χ1n) is 9.20. The van der Waals surface area contributed by atoms with Gasteiger partial charge in [0.15, 0.2) is 0 Å². The lowest BCUT2D eigenvalue weighted by Crippen LogP contribution is -2.48. The second-order valence-electron chi connectivity index (χ2n) is 7.32. The summed E-state index contributed by atoms with van der Waals surface area (Å²) in [6.45, 7) is 0.463. The van der Waals surface area contributed by atoms with Crippen LogP contribution >= 0.6 is 0 Å². The van der Waals surface area contributed by atoms with Crippen molar-refractivity contribution in [2.24, 2.45) is 0 Å². The molecule has 0 radical (unpaired) electrons. The smallest absolute Gasteiger partial charge is 0.305 e. The highest BCUT2D eigenvalue weighted by Crippen LogP contribution is 2.44. The van der Waals surface area contributed by atoms with Crippen LogP contribution in [0.3, 0.4) is 0 Å². The summed E-state index contributed by atoms with van der Waals surface area (Å²) < 4.78 is 10.7. The lowest BCUT2D eigenvalue weighted by Gasteiger charge is -2.35. The molecule has 26 heavy (non-hydrogen) atoms. The van der Waals surface area contributed by atoms with E-state index in [1.54, 1.807) is 19.1 Å². The Morgan fingerprint density at radius 2 is 1.85 bits per heavy atom. The van der Waals surface area contributed by atoms with Gasteiger partial charge in [-0.25, -0.2) is 0 Å². The van der Waals surface area contributed by atoms with Crippen LogP contribution in [0.25, 0.3) is 0 Å². The highest BCUT2D eigenvalue weighted by molar-refractivity contribution is 5.89. The van der Waals surface area contributed by atoms with Gasteiger partial charge in [0, 0.05) is 19.7 Å². The van der Waals surface area contributed by atoms with E-state index in [4.69, 9.17) is 9.47 Å². The molecule has 2 unspecified atom stereocenters. The molecule has 0 bridgehead atoms. The Morgan fingerprint density at radius 1 is 1.19 bits per heavy atom. The van der Waals surface area contributed by atoms with Gasteiger partial charge in [0.25, 0.3) is 0 Å². The Labute approximate surface area is 154 Å². The quantitative estimate of drug-likeness (QED) is 0.843. The summed E-state index contributed by atoms with van der Waals surface area (Å²) >= 11 is 0. The fraction of sp³-hybridized carbons (Fsp3) is 0.600. The van der Waals surface area contributed by atoms with E-state index in [-0.39, 0.29) is 24.5 Å². The molecule has 1 heterocycles. The zero-order valence-electron chi connectivity index (χ0n) is 15.4. The molecule has 1 N–H and O–H groups in total. The Balaban J connectivity index is 1.91. The van der Waals surface area contributed by atoms with Gasteiger partial charge >= 0.3 is 5.97 Å². The summed E-state index contributed by atoms with van der Waals surface area (Å²) in [5.74, 6) is -0.0702. The van der Waals surface area contributed by atoms with Gasteiger partial charge in [-0.2, -0.15) is 0 Å². The number of amides is 1. The van der Waals surface area contributed by atoms with Crippen molar-refractivity contribution in [2.75, 3.05) is 20.8 Å². The number of ether oxygens (including phenoxy) is 2. The predicted octanol–water partition coefficient (Wildman–Crippen LogP) is 2.60. The molecule has 142 valence electrons. The van der Waals surface area contributed by atoms with Gasteiger partial charge in [-0.1, -0.05) is 25.0 Å². The zero-order valence-corrected chi connectivity index (χ0v) is 15.4. The van der Waals surface area contributed by atoms with Crippen LogP contribution in [0.15, 0.2) is 24.3 Å². The van der Waals surface area contributed by atoms with E-state index >= 15 is 0 Å². The number of carboxylic acid groups (broad SMARTS) is 1. The molecule has 1 aromatic carbocycles. The maximum atomic E-state index is 13.6. The number of benzene rings is 1. The number of hydrogen-bond acceptors (Lipinski definition) is 4. The fourth-order valence-electron chi connectivity index (χ4n) is 4.48. The largest absolute Gasteiger partial charge is 0.497 e. The van der Waals surface area contributed by atoms with Gasteiger partial charge < -0.3 is 19.5 Å². The Bertz CT molecular complexity index is 651. The molecule has 2 aliphatic rings. The molecule has 2 atom stereocenters. The molecule has 1 saturated heterocycles. The van der Waals surface area contributed by atoms with E-state index in [0.29, 0.717) is 13.0 Å². The lowest BCUT2D eigenvalue weighted by atomic mass is 9.77. The number of likely N-dealkylation sites (tertiary alicyclic amines) is 1. The Kier molecular flexibility index (Phi) is 5.51. The number of carbonyl (C=O) groups is 2. The van der Waals surface area contributed by atoms with E-state index < -0.39 is 11.4 Å². The monoisotopic (exact) mass is 361 g/mol. The van der Waals surface area contributed by atoms with Crippen LogP contribution in [0.2, 0.25) is 0 Å². The van der Waals surface area contributed by atoms with E-state index in [9.17, 15) is 14.7 Å². The van der Waals surface area contributed by atoms with Crippen LogP contribution in [-0.4, -0.2) is 54.8 Å². The van der Waals surface area contributed by atoms with Crippen LogP contribution in [0.5, 0.6) is 5.75 Å². The standard InChI is InChI=1S/C20H27NO5/c1-25-16-7-5-14(6-8-16)20(9-3-4-10-20)19(24)21-13-17(26-2)11-15(21)12-18(22)23/h5-8,15,17H,3-4,9-13H2,1-2H3,(H,22,23). The molecule has 6 heteroatoms.